The summed E-state index contributed by atoms with van der Waals surface area (Å²) < 4.78 is 0. The minimum Gasteiger partial charge on any atom is -0.301 e. The molecule has 13 heavy (non-hydrogen) atoms. The van der Waals surface area contributed by atoms with Gasteiger partial charge in [-0.05, 0) is 31.0 Å². The lowest BCUT2D eigenvalue weighted by Gasteiger charge is -2.20. The van der Waals surface area contributed by atoms with Crippen LogP contribution >= 0.6 is 0 Å². The van der Waals surface area contributed by atoms with Crippen LogP contribution in [0.2, 0.25) is 0 Å². The first-order chi connectivity index (χ1) is 6.33. The predicted octanol–water partition coefficient (Wildman–Crippen LogP) is -0.142. The highest BCUT2D eigenvalue weighted by Crippen LogP contribution is 2.34. The van der Waals surface area contributed by atoms with Crippen LogP contribution in [-0.2, 0) is 0 Å². The van der Waals surface area contributed by atoms with Crippen LogP contribution in [0.4, 0.5) is 0 Å². The van der Waals surface area contributed by atoms with Crippen LogP contribution in [0.3, 0.4) is 0 Å². The molecule has 2 fully saturated rings. The first kappa shape index (κ1) is 7.44. The zero-order chi connectivity index (χ0) is 8.84. The van der Waals surface area contributed by atoms with E-state index < -0.39 is 0 Å². The number of rotatable bonds is 1. The normalized spacial score (nSPS) is 37.2. The summed E-state index contributed by atoms with van der Waals surface area (Å²) >= 11 is 0. The van der Waals surface area contributed by atoms with Crippen LogP contribution < -0.4 is 0 Å². The van der Waals surface area contributed by atoms with Crippen molar-refractivity contribution in [3.8, 4) is 0 Å². The molecule has 3 rings (SSSR count). The molecular formula is C8H13N5. The molecule has 0 radical (unpaired) electrons. The lowest BCUT2D eigenvalue weighted by molar-refractivity contribution is 0.263. The van der Waals surface area contributed by atoms with Crippen molar-refractivity contribution in [2.45, 2.75) is 19.4 Å². The quantitative estimate of drug-likeness (QED) is 0.602. The van der Waals surface area contributed by atoms with Gasteiger partial charge in [-0.2, -0.15) is 4.80 Å². The van der Waals surface area contributed by atoms with Crippen LogP contribution in [0.5, 0.6) is 0 Å². The van der Waals surface area contributed by atoms with E-state index in [1.165, 1.54) is 19.5 Å². The molecule has 0 saturated carbocycles. The first-order valence-corrected chi connectivity index (χ1v) is 4.81. The van der Waals surface area contributed by atoms with Gasteiger partial charge in [0.2, 0.25) is 0 Å². The molecule has 1 aromatic heterocycles. The Bertz CT molecular complexity index is 320. The van der Waals surface area contributed by atoms with E-state index in [0.717, 1.165) is 18.3 Å². The fourth-order valence-corrected chi connectivity index (χ4v) is 2.46. The first-order valence-electron chi connectivity index (χ1n) is 4.81. The highest BCUT2D eigenvalue weighted by Gasteiger charge is 2.40. The van der Waals surface area contributed by atoms with E-state index in [1.54, 1.807) is 4.80 Å². The maximum atomic E-state index is 4.28. The molecule has 1 aromatic rings. The predicted molar refractivity (Wildman–Crippen MR) is 46.1 cm³/mol. The zero-order valence-corrected chi connectivity index (χ0v) is 7.72. The number of tetrazole rings is 1. The van der Waals surface area contributed by atoms with Crippen molar-refractivity contribution in [3.63, 3.8) is 0 Å². The highest BCUT2D eigenvalue weighted by atomic mass is 15.6. The summed E-state index contributed by atoms with van der Waals surface area (Å²) in [5, 5.41) is 12.3. The van der Waals surface area contributed by atoms with Gasteiger partial charge in [-0.3, -0.25) is 0 Å². The average molecular weight is 179 g/mol. The molecule has 0 spiro atoms. The van der Waals surface area contributed by atoms with Crippen molar-refractivity contribution in [1.82, 2.24) is 25.1 Å². The van der Waals surface area contributed by atoms with E-state index in [9.17, 15) is 0 Å². The van der Waals surface area contributed by atoms with Crippen LogP contribution in [0.25, 0.3) is 0 Å². The highest BCUT2D eigenvalue weighted by molar-refractivity contribution is 4.92. The van der Waals surface area contributed by atoms with Crippen LogP contribution in [0.1, 0.15) is 18.3 Å². The van der Waals surface area contributed by atoms with Gasteiger partial charge >= 0.3 is 0 Å². The van der Waals surface area contributed by atoms with Crippen molar-refractivity contribution in [3.05, 3.63) is 5.82 Å². The third-order valence-corrected chi connectivity index (χ3v) is 3.12. The van der Waals surface area contributed by atoms with E-state index in [2.05, 4.69) is 20.3 Å². The number of hydrogen-bond donors (Lipinski definition) is 0. The number of piperidine rings is 1. The standard InChI is InChI=1S/C8H13N5/c1-6-9-11-13(10-6)8-5-12-3-2-7(8)4-12/h7-8H,2-5H2,1H3. The molecule has 2 aliphatic rings. The molecule has 2 aliphatic heterocycles. The van der Waals surface area contributed by atoms with Crippen LogP contribution in [0, 0.1) is 12.8 Å². The molecule has 0 aromatic carbocycles. The molecule has 3 atom stereocenters. The fourth-order valence-electron chi connectivity index (χ4n) is 2.46. The summed E-state index contributed by atoms with van der Waals surface area (Å²) in [6.07, 6.45) is 1.30. The third kappa shape index (κ3) is 1.07. The number of aryl methyl sites for hydroxylation is 1. The van der Waals surface area contributed by atoms with Gasteiger partial charge in [-0.15, -0.1) is 10.2 Å². The second-order valence-corrected chi connectivity index (χ2v) is 4.03. The van der Waals surface area contributed by atoms with E-state index in [4.69, 9.17) is 0 Å². The number of fused-ring (bicyclic) bond motifs is 2. The summed E-state index contributed by atoms with van der Waals surface area (Å²) in [4.78, 5) is 4.28. The van der Waals surface area contributed by atoms with E-state index in [0.29, 0.717) is 6.04 Å². The monoisotopic (exact) mass is 179 g/mol. The molecule has 0 amide bonds. The maximum absolute atomic E-state index is 4.28. The van der Waals surface area contributed by atoms with Gasteiger partial charge in [0.05, 0.1) is 6.04 Å². The lowest BCUT2D eigenvalue weighted by Crippen LogP contribution is -2.27. The van der Waals surface area contributed by atoms with Gasteiger partial charge in [0, 0.05) is 13.1 Å². The number of aromatic nitrogens is 4. The zero-order valence-electron chi connectivity index (χ0n) is 7.72. The Kier molecular flexibility index (Phi) is 1.44. The second-order valence-electron chi connectivity index (χ2n) is 4.03. The van der Waals surface area contributed by atoms with E-state index >= 15 is 0 Å². The second kappa shape index (κ2) is 2.51. The average Bonchev–Trinajstić information content (AvgIpc) is 2.77. The molecule has 0 N–H and O–H groups in total. The summed E-state index contributed by atoms with van der Waals surface area (Å²) in [5.41, 5.74) is 0. The summed E-state index contributed by atoms with van der Waals surface area (Å²) in [6, 6.07) is 0.481. The summed E-state index contributed by atoms with van der Waals surface area (Å²) in [6.45, 7) is 5.48. The van der Waals surface area contributed by atoms with Crippen LogP contribution in [-0.4, -0.2) is 44.7 Å². The minimum atomic E-state index is 0.481. The summed E-state index contributed by atoms with van der Waals surface area (Å²) in [5.74, 6) is 1.53. The summed E-state index contributed by atoms with van der Waals surface area (Å²) in [7, 11) is 0. The Labute approximate surface area is 76.7 Å². The largest absolute Gasteiger partial charge is 0.301 e. The fraction of sp³-hybridized carbons (Fsp3) is 0.875. The minimum absolute atomic E-state index is 0.481. The topological polar surface area (TPSA) is 46.8 Å². The van der Waals surface area contributed by atoms with Gasteiger partial charge in [0.1, 0.15) is 0 Å². The molecule has 5 heteroatoms. The molecule has 70 valence electrons. The third-order valence-electron chi connectivity index (χ3n) is 3.12. The Morgan fingerprint density at radius 1 is 1.38 bits per heavy atom. The van der Waals surface area contributed by atoms with Crippen LogP contribution in [0.15, 0.2) is 0 Å². The molecule has 3 unspecified atom stereocenters. The SMILES string of the molecule is Cc1nnn(C2CN3CCC2C3)n1. The Balaban J connectivity index is 1.87. The number of hydrogen-bond acceptors (Lipinski definition) is 4. The van der Waals surface area contributed by atoms with Crippen molar-refractivity contribution in [1.29, 1.82) is 0 Å². The Morgan fingerprint density at radius 3 is 2.85 bits per heavy atom. The van der Waals surface area contributed by atoms with Crippen molar-refractivity contribution < 1.29 is 0 Å². The van der Waals surface area contributed by atoms with Gasteiger partial charge in [0.15, 0.2) is 5.82 Å². The van der Waals surface area contributed by atoms with Crippen molar-refractivity contribution >= 4 is 0 Å². The van der Waals surface area contributed by atoms with Gasteiger partial charge in [-0.1, -0.05) is 0 Å². The molecule has 2 saturated heterocycles. The van der Waals surface area contributed by atoms with Gasteiger partial charge < -0.3 is 4.90 Å². The smallest absolute Gasteiger partial charge is 0.171 e. The van der Waals surface area contributed by atoms with Crippen molar-refractivity contribution in [2.24, 2.45) is 5.92 Å². The molecule has 3 heterocycles. The molecule has 5 nitrogen and oxygen atoms in total. The van der Waals surface area contributed by atoms with Crippen molar-refractivity contribution in [2.75, 3.05) is 19.6 Å². The van der Waals surface area contributed by atoms with E-state index in [-0.39, 0.29) is 0 Å². The Hall–Kier alpha value is -0.970. The molecular weight excluding hydrogens is 166 g/mol. The molecule has 2 bridgehead atoms. The lowest BCUT2D eigenvalue weighted by atomic mass is 10.0. The molecule has 0 aliphatic carbocycles. The number of nitrogens with zero attached hydrogens (tertiary/aromatic N) is 5. The maximum Gasteiger partial charge on any atom is 0.171 e. The van der Waals surface area contributed by atoms with Gasteiger partial charge in [0.25, 0.3) is 0 Å². The van der Waals surface area contributed by atoms with Gasteiger partial charge in [-0.25, -0.2) is 0 Å². The Morgan fingerprint density at radius 2 is 2.31 bits per heavy atom. The van der Waals surface area contributed by atoms with E-state index in [1.807, 2.05) is 6.92 Å².